The van der Waals surface area contributed by atoms with E-state index in [-0.39, 0.29) is 6.10 Å². The minimum absolute atomic E-state index is 0.371. The number of ether oxygens (including phenoxy) is 1. The van der Waals surface area contributed by atoms with Crippen molar-refractivity contribution in [1.29, 1.82) is 0 Å². The molecular weight excluding hydrogens is 262 g/mol. The van der Waals surface area contributed by atoms with E-state index in [0.29, 0.717) is 19.2 Å². The molecular formula is C18H37NO2. The highest BCUT2D eigenvalue weighted by Crippen LogP contribution is 2.25. The molecule has 2 N–H and O–H groups in total. The number of nitrogens with one attached hydrogen (secondary N) is 1. The van der Waals surface area contributed by atoms with Crippen molar-refractivity contribution in [2.45, 2.75) is 90.2 Å². The van der Waals surface area contributed by atoms with Gasteiger partial charge in [0.2, 0.25) is 0 Å². The van der Waals surface area contributed by atoms with Crippen LogP contribution in [-0.2, 0) is 4.74 Å². The molecule has 0 bridgehead atoms. The highest BCUT2D eigenvalue weighted by Gasteiger charge is 2.19. The van der Waals surface area contributed by atoms with Crippen molar-refractivity contribution < 1.29 is 9.84 Å². The zero-order valence-electron chi connectivity index (χ0n) is 14.3. The third-order valence-electron chi connectivity index (χ3n) is 4.73. The fourth-order valence-electron chi connectivity index (χ4n) is 3.21. The Morgan fingerprint density at radius 1 is 1.10 bits per heavy atom. The molecule has 1 aliphatic carbocycles. The molecule has 0 heterocycles. The minimum atomic E-state index is -0.371. The molecule has 3 heteroatoms. The summed E-state index contributed by atoms with van der Waals surface area (Å²) in [6, 6.07) is 0.516. The second-order valence-corrected chi connectivity index (χ2v) is 6.74. The summed E-state index contributed by atoms with van der Waals surface area (Å²) in [4.78, 5) is 0. The molecule has 0 aromatic rings. The van der Waals surface area contributed by atoms with Crippen LogP contribution in [0.4, 0.5) is 0 Å². The van der Waals surface area contributed by atoms with E-state index in [1.807, 2.05) is 0 Å². The molecule has 0 spiro atoms. The second kappa shape index (κ2) is 12.4. The van der Waals surface area contributed by atoms with Gasteiger partial charge in [-0.25, -0.2) is 0 Å². The van der Waals surface area contributed by atoms with Gasteiger partial charge in [0.1, 0.15) is 0 Å². The number of aliphatic hydroxyl groups excluding tert-OH is 1. The van der Waals surface area contributed by atoms with Crippen LogP contribution in [0.2, 0.25) is 0 Å². The minimum Gasteiger partial charge on any atom is -0.389 e. The third kappa shape index (κ3) is 9.49. The lowest BCUT2D eigenvalue weighted by molar-refractivity contribution is 0.0332. The van der Waals surface area contributed by atoms with Crippen LogP contribution >= 0.6 is 0 Å². The molecule has 0 aliphatic heterocycles. The highest BCUT2D eigenvalue weighted by atomic mass is 16.5. The SMILES string of the molecule is CCCCCCOCC(O)CN[C@@H](C)C1CCCCCC1. The lowest BCUT2D eigenvalue weighted by Gasteiger charge is -2.25. The molecule has 0 aromatic heterocycles. The van der Waals surface area contributed by atoms with E-state index >= 15 is 0 Å². The summed E-state index contributed by atoms with van der Waals surface area (Å²) < 4.78 is 5.55. The lowest BCUT2D eigenvalue weighted by Crippen LogP contribution is -2.39. The van der Waals surface area contributed by atoms with E-state index < -0.39 is 0 Å². The van der Waals surface area contributed by atoms with Gasteiger partial charge in [0.25, 0.3) is 0 Å². The maximum atomic E-state index is 9.97. The Balaban J connectivity index is 2.01. The first-order valence-electron chi connectivity index (χ1n) is 9.23. The molecule has 0 amide bonds. The van der Waals surface area contributed by atoms with Gasteiger partial charge in [-0.1, -0.05) is 51.9 Å². The molecule has 21 heavy (non-hydrogen) atoms. The number of hydrogen-bond donors (Lipinski definition) is 2. The molecule has 1 saturated carbocycles. The largest absolute Gasteiger partial charge is 0.389 e. The molecule has 1 aliphatic rings. The summed E-state index contributed by atoms with van der Waals surface area (Å²) in [7, 11) is 0. The van der Waals surface area contributed by atoms with Crippen molar-refractivity contribution >= 4 is 0 Å². The molecule has 3 nitrogen and oxygen atoms in total. The van der Waals surface area contributed by atoms with Crippen LogP contribution in [0.1, 0.15) is 78.1 Å². The summed E-state index contributed by atoms with van der Waals surface area (Å²) in [6.07, 6.45) is 12.8. The van der Waals surface area contributed by atoms with Crippen molar-refractivity contribution in [1.82, 2.24) is 5.32 Å². The van der Waals surface area contributed by atoms with E-state index in [1.165, 1.54) is 57.8 Å². The maximum absolute atomic E-state index is 9.97. The first kappa shape index (κ1) is 18.9. The fraction of sp³-hybridized carbons (Fsp3) is 1.00. The Bertz CT molecular complexity index is 227. The highest BCUT2D eigenvalue weighted by molar-refractivity contribution is 4.76. The number of rotatable bonds is 11. The van der Waals surface area contributed by atoms with Crippen molar-refractivity contribution in [3.8, 4) is 0 Å². The summed E-state index contributed by atoms with van der Waals surface area (Å²) in [5.74, 6) is 0.787. The molecule has 0 saturated heterocycles. The van der Waals surface area contributed by atoms with Gasteiger partial charge in [0, 0.05) is 19.2 Å². The van der Waals surface area contributed by atoms with E-state index in [4.69, 9.17) is 4.74 Å². The quantitative estimate of drug-likeness (QED) is 0.449. The Morgan fingerprint density at radius 3 is 2.48 bits per heavy atom. The van der Waals surface area contributed by atoms with Crippen LogP contribution in [0.3, 0.4) is 0 Å². The molecule has 1 rings (SSSR count). The van der Waals surface area contributed by atoms with Gasteiger partial charge in [-0.3, -0.25) is 0 Å². The van der Waals surface area contributed by atoms with Gasteiger partial charge < -0.3 is 15.2 Å². The van der Waals surface area contributed by atoms with Crippen LogP contribution in [0.25, 0.3) is 0 Å². The Morgan fingerprint density at radius 2 is 1.81 bits per heavy atom. The van der Waals surface area contributed by atoms with Gasteiger partial charge in [0.15, 0.2) is 0 Å². The first-order valence-corrected chi connectivity index (χ1v) is 9.23. The summed E-state index contributed by atoms with van der Waals surface area (Å²) in [6.45, 7) is 6.40. The predicted molar refractivity (Wildman–Crippen MR) is 89.6 cm³/mol. The molecule has 2 atom stereocenters. The normalized spacial score (nSPS) is 20.1. The summed E-state index contributed by atoms with van der Waals surface area (Å²) >= 11 is 0. The van der Waals surface area contributed by atoms with Gasteiger partial charge in [-0.15, -0.1) is 0 Å². The first-order chi connectivity index (χ1) is 10.2. The Hall–Kier alpha value is -0.120. The van der Waals surface area contributed by atoms with Crippen LogP contribution < -0.4 is 5.32 Å². The maximum Gasteiger partial charge on any atom is 0.0897 e. The predicted octanol–water partition coefficient (Wildman–Crippen LogP) is 3.89. The Kier molecular flexibility index (Phi) is 11.2. The zero-order valence-corrected chi connectivity index (χ0v) is 14.3. The standard InChI is InChI=1S/C18H37NO2/c1-3-4-5-10-13-21-15-18(20)14-19-16(2)17-11-8-6-7-9-12-17/h16-20H,3-15H2,1-2H3/t16-,18?/m0/s1. The van der Waals surface area contributed by atoms with Gasteiger partial charge in [-0.05, 0) is 32.1 Å². The summed E-state index contributed by atoms with van der Waals surface area (Å²) in [5.41, 5.74) is 0. The van der Waals surface area contributed by atoms with Gasteiger partial charge in [0.05, 0.1) is 12.7 Å². The van der Waals surface area contributed by atoms with Crippen LogP contribution in [0, 0.1) is 5.92 Å². The van der Waals surface area contributed by atoms with Crippen molar-refractivity contribution in [3.63, 3.8) is 0 Å². The average molecular weight is 299 g/mol. The number of aliphatic hydroxyl groups is 1. The van der Waals surface area contributed by atoms with Crippen molar-refractivity contribution in [2.24, 2.45) is 5.92 Å². The smallest absolute Gasteiger partial charge is 0.0897 e. The van der Waals surface area contributed by atoms with Crippen LogP contribution in [0.15, 0.2) is 0 Å². The van der Waals surface area contributed by atoms with Gasteiger partial charge >= 0.3 is 0 Å². The molecule has 1 fully saturated rings. The van der Waals surface area contributed by atoms with Gasteiger partial charge in [-0.2, -0.15) is 0 Å². The lowest BCUT2D eigenvalue weighted by atomic mass is 9.93. The monoisotopic (exact) mass is 299 g/mol. The molecule has 0 aromatic carbocycles. The van der Waals surface area contributed by atoms with Crippen LogP contribution in [-0.4, -0.2) is 37.0 Å². The zero-order chi connectivity index (χ0) is 15.3. The van der Waals surface area contributed by atoms with E-state index in [0.717, 1.165) is 18.9 Å². The summed E-state index contributed by atoms with van der Waals surface area (Å²) in [5, 5.41) is 13.5. The fourth-order valence-corrected chi connectivity index (χ4v) is 3.21. The van der Waals surface area contributed by atoms with E-state index in [9.17, 15) is 5.11 Å². The number of unbranched alkanes of at least 4 members (excludes halogenated alkanes) is 3. The molecule has 0 radical (unpaired) electrons. The van der Waals surface area contributed by atoms with Crippen LogP contribution in [0.5, 0.6) is 0 Å². The third-order valence-corrected chi connectivity index (χ3v) is 4.73. The topological polar surface area (TPSA) is 41.5 Å². The van der Waals surface area contributed by atoms with E-state index in [1.54, 1.807) is 0 Å². The van der Waals surface area contributed by atoms with E-state index in [2.05, 4.69) is 19.2 Å². The molecule has 1 unspecified atom stereocenters. The molecule has 126 valence electrons. The average Bonchev–Trinajstić information content (AvgIpc) is 2.77. The number of hydrogen-bond acceptors (Lipinski definition) is 3. The Labute approximate surface area is 131 Å². The second-order valence-electron chi connectivity index (χ2n) is 6.74. The van der Waals surface area contributed by atoms with Crippen molar-refractivity contribution in [2.75, 3.05) is 19.8 Å². The van der Waals surface area contributed by atoms with Crippen molar-refractivity contribution in [3.05, 3.63) is 0 Å².